The van der Waals surface area contributed by atoms with Crippen molar-refractivity contribution in [2.24, 2.45) is 5.10 Å². The molecule has 0 aromatic heterocycles. The van der Waals surface area contributed by atoms with E-state index in [2.05, 4.69) is 5.10 Å². The fourth-order valence-electron chi connectivity index (χ4n) is 1.83. The molecule has 0 aliphatic carbocycles. The van der Waals surface area contributed by atoms with Crippen LogP contribution in [-0.4, -0.2) is 19.6 Å². The van der Waals surface area contributed by atoms with Gasteiger partial charge >= 0.3 is 0 Å². The Hall–Kier alpha value is -2.74. The van der Waals surface area contributed by atoms with Crippen LogP contribution in [0.4, 0.5) is 5.69 Å². The summed E-state index contributed by atoms with van der Waals surface area (Å²) in [4.78, 5) is 12.1. The monoisotopic (exact) mass is 333 g/mol. The Morgan fingerprint density at radius 1 is 1.13 bits per heavy atom. The van der Waals surface area contributed by atoms with E-state index in [4.69, 9.17) is 0 Å². The third-order valence-corrected chi connectivity index (χ3v) is 4.37. The summed E-state index contributed by atoms with van der Waals surface area (Å²) in [6.07, 6.45) is 1.36. The van der Waals surface area contributed by atoms with E-state index in [-0.39, 0.29) is 10.6 Å². The summed E-state index contributed by atoms with van der Waals surface area (Å²) in [6.45, 7) is 3.48. The van der Waals surface area contributed by atoms with E-state index < -0.39 is 14.9 Å². The molecule has 0 aliphatic heterocycles. The average molecular weight is 333 g/mol. The number of hydrogen-bond donors (Lipinski definition) is 1. The molecule has 2 rings (SSSR count). The lowest BCUT2D eigenvalue weighted by atomic mass is 10.2. The fourth-order valence-corrected chi connectivity index (χ4v) is 2.64. The first-order valence-electron chi connectivity index (χ1n) is 6.66. The van der Waals surface area contributed by atoms with Crippen molar-refractivity contribution in [1.82, 2.24) is 4.83 Å². The third kappa shape index (κ3) is 4.13. The molecule has 0 heterocycles. The molecule has 0 fully saturated rings. The molecule has 0 atom stereocenters. The van der Waals surface area contributed by atoms with Gasteiger partial charge in [-0.3, -0.25) is 10.1 Å². The number of aryl methyl sites for hydroxylation is 2. The topological polar surface area (TPSA) is 102 Å². The maximum Gasteiger partial charge on any atom is 0.276 e. The third-order valence-electron chi connectivity index (χ3n) is 3.15. The largest absolute Gasteiger partial charge is 0.276 e. The molecule has 0 bridgehead atoms. The SMILES string of the molecule is Cc1ccc(C=NNS(=O)(=O)c2ccc(C)c([N+](=O)[O-])c2)cc1. The van der Waals surface area contributed by atoms with Crippen LogP contribution in [0.2, 0.25) is 0 Å². The first-order valence-corrected chi connectivity index (χ1v) is 8.14. The summed E-state index contributed by atoms with van der Waals surface area (Å²) in [5.41, 5.74) is 1.94. The molecule has 1 N–H and O–H groups in total. The summed E-state index contributed by atoms with van der Waals surface area (Å²) in [5, 5.41) is 14.6. The van der Waals surface area contributed by atoms with Crippen LogP contribution >= 0.6 is 0 Å². The van der Waals surface area contributed by atoms with E-state index in [0.29, 0.717) is 5.56 Å². The van der Waals surface area contributed by atoms with Crippen LogP contribution in [0.15, 0.2) is 52.5 Å². The fraction of sp³-hybridized carbons (Fsp3) is 0.133. The van der Waals surface area contributed by atoms with Gasteiger partial charge in [0.1, 0.15) is 0 Å². The Labute approximate surface area is 133 Å². The van der Waals surface area contributed by atoms with E-state index in [1.807, 2.05) is 23.9 Å². The van der Waals surface area contributed by atoms with Crippen LogP contribution in [0.1, 0.15) is 16.7 Å². The molecule has 0 amide bonds. The molecule has 2 aromatic carbocycles. The van der Waals surface area contributed by atoms with Gasteiger partial charge in [0.05, 0.1) is 16.0 Å². The van der Waals surface area contributed by atoms with Gasteiger partial charge in [0, 0.05) is 11.6 Å². The quantitative estimate of drug-likeness (QED) is 0.516. The summed E-state index contributed by atoms with van der Waals surface area (Å²) in [6, 6.07) is 11.0. The van der Waals surface area contributed by atoms with Crippen molar-refractivity contribution < 1.29 is 13.3 Å². The van der Waals surface area contributed by atoms with Crippen LogP contribution in [0.3, 0.4) is 0 Å². The standard InChI is InChI=1S/C15H15N3O4S/c1-11-3-6-13(7-4-11)10-16-17-23(21,22)14-8-5-12(2)15(9-14)18(19)20/h3-10,17H,1-2H3. The highest BCUT2D eigenvalue weighted by Gasteiger charge is 2.19. The van der Waals surface area contributed by atoms with Crippen LogP contribution < -0.4 is 4.83 Å². The Balaban J connectivity index is 2.20. The van der Waals surface area contributed by atoms with Crippen LogP contribution in [-0.2, 0) is 10.0 Å². The molecule has 0 radical (unpaired) electrons. The molecule has 7 nitrogen and oxygen atoms in total. The van der Waals surface area contributed by atoms with Crippen molar-refractivity contribution in [2.75, 3.05) is 0 Å². The van der Waals surface area contributed by atoms with Gasteiger partial charge in [0.25, 0.3) is 15.7 Å². The number of nitrogens with zero attached hydrogens (tertiary/aromatic N) is 2. The van der Waals surface area contributed by atoms with Gasteiger partial charge in [-0.05, 0) is 25.5 Å². The molecule has 23 heavy (non-hydrogen) atoms. The number of hydrogen-bond acceptors (Lipinski definition) is 5. The molecule has 8 heteroatoms. The van der Waals surface area contributed by atoms with Crippen LogP contribution in [0.25, 0.3) is 0 Å². The van der Waals surface area contributed by atoms with Gasteiger partial charge in [0.2, 0.25) is 0 Å². The summed E-state index contributed by atoms with van der Waals surface area (Å²) in [7, 11) is -3.96. The predicted octanol–water partition coefficient (Wildman–Crippen LogP) is 2.52. The zero-order valence-electron chi connectivity index (χ0n) is 12.6. The summed E-state index contributed by atoms with van der Waals surface area (Å²) in [5.74, 6) is 0. The molecule has 0 aliphatic rings. The number of hydrazone groups is 1. The van der Waals surface area contributed by atoms with Crippen molar-refractivity contribution in [2.45, 2.75) is 18.7 Å². The molecule has 2 aromatic rings. The Morgan fingerprint density at radius 2 is 1.78 bits per heavy atom. The minimum atomic E-state index is -3.96. The van der Waals surface area contributed by atoms with Gasteiger partial charge in [-0.25, -0.2) is 4.83 Å². The van der Waals surface area contributed by atoms with Gasteiger partial charge in [-0.1, -0.05) is 35.9 Å². The lowest BCUT2D eigenvalue weighted by Gasteiger charge is -2.04. The van der Waals surface area contributed by atoms with E-state index >= 15 is 0 Å². The van der Waals surface area contributed by atoms with Crippen LogP contribution in [0.5, 0.6) is 0 Å². The molecular weight excluding hydrogens is 318 g/mol. The van der Waals surface area contributed by atoms with Gasteiger partial charge in [-0.15, -0.1) is 0 Å². The molecule has 0 spiro atoms. The van der Waals surface area contributed by atoms with Crippen molar-refractivity contribution in [1.29, 1.82) is 0 Å². The highest BCUT2D eigenvalue weighted by molar-refractivity contribution is 7.89. The number of rotatable bonds is 5. The Morgan fingerprint density at radius 3 is 2.39 bits per heavy atom. The second kappa shape index (κ2) is 6.57. The highest BCUT2D eigenvalue weighted by atomic mass is 32.2. The van der Waals surface area contributed by atoms with E-state index in [9.17, 15) is 18.5 Å². The number of sulfonamides is 1. The lowest BCUT2D eigenvalue weighted by Crippen LogP contribution is -2.18. The molecular formula is C15H15N3O4S. The van der Waals surface area contributed by atoms with Gasteiger partial charge in [0.15, 0.2) is 0 Å². The van der Waals surface area contributed by atoms with Crippen molar-refractivity contribution in [3.63, 3.8) is 0 Å². The number of nitrogens with one attached hydrogen (secondary N) is 1. The van der Waals surface area contributed by atoms with Crippen LogP contribution in [0, 0.1) is 24.0 Å². The summed E-state index contributed by atoms with van der Waals surface area (Å²) >= 11 is 0. The maximum absolute atomic E-state index is 12.1. The Kier molecular flexibility index (Phi) is 4.75. The molecule has 120 valence electrons. The number of nitro groups is 1. The van der Waals surface area contributed by atoms with Gasteiger partial charge in [-0.2, -0.15) is 13.5 Å². The molecule has 0 saturated carbocycles. The lowest BCUT2D eigenvalue weighted by molar-refractivity contribution is -0.385. The second-order valence-electron chi connectivity index (χ2n) is 4.97. The number of benzene rings is 2. The average Bonchev–Trinajstić information content (AvgIpc) is 2.49. The van der Waals surface area contributed by atoms with E-state index in [1.54, 1.807) is 12.1 Å². The zero-order valence-corrected chi connectivity index (χ0v) is 13.4. The van der Waals surface area contributed by atoms with E-state index in [1.165, 1.54) is 25.3 Å². The summed E-state index contributed by atoms with van der Waals surface area (Å²) < 4.78 is 24.2. The van der Waals surface area contributed by atoms with Gasteiger partial charge < -0.3 is 0 Å². The first-order chi connectivity index (χ1) is 10.8. The highest BCUT2D eigenvalue weighted by Crippen LogP contribution is 2.21. The second-order valence-corrected chi connectivity index (χ2v) is 6.63. The zero-order chi connectivity index (χ0) is 17.0. The smallest absolute Gasteiger partial charge is 0.258 e. The van der Waals surface area contributed by atoms with Crippen molar-refractivity contribution >= 4 is 21.9 Å². The predicted molar refractivity (Wildman–Crippen MR) is 86.9 cm³/mol. The molecule has 0 saturated heterocycles. The van der Waals surface area contributed by atoms with Crippen molar-refractivity contribution in [3.8, 4) is 0 Å². The maximum atomic E-state index is 12.1. The van der Waals surface area contributed by atoms with Crippen molar-refractivity contribution in [3.05, 3.63) is 69.3 Å². The minimum Gasteiger partial charge on any atom is -0.258 e. The Bertz CT molecular complexity index is 859. The van der Waals surface area contributed by atoms with E-state index in [0.717, 1.165) is 17.2 Å². The minimum absolute atomic E-state index is 0.212. The molecule has 0 unspecified atom stereocenters. The number of nitro benzene ring substituents is 1. The normalized spacial score (nSPS) is 11.6. The first kappa shape index (κ1) is 16.6.